The molecule has 168 valence electrons. The first-order chi connectivity index (χ1) is 15.9. The van der Waals surface area contributed by atoms with Gasteiger partial charge in [0.2, 0.25) is 0 Å². The van der Waals surface area contributed by atoms with Gasteiger partial charge in [-0.05, 0) is 55.2 Å². The molecule has 0 N–H and O–H groups in total. The number of nitro benzene ring substituents is 1. The summed E-state index contributed by atoms with van der Waals surface area (Å²) in [5, 5.41) is 12.9. The smallest absolute Gasteiger partial charge is 0.269 e. The Balaban J connectivity index is 1.76. The SMILES string of the molecule is CC(CCc1ccccc1)n1c(-c2ccc([N+](=O)[O-])cc2)csc1=Nc1ccc(F)cc1F. The molecule has 5 nitrogen and oxygen atoms in total. The first-order valence-corrected chi connectivity index (χ1v) is 11.3. The predicted octanol–water partition coefficient (Wildman–Crippen LogP) is 6.83. The number of halogens is 2. The first kappa shape index (κ1) is 22.5. The van der Waals surface area contributed by atoms with Gasteiger partial charge in [0.25, 0.3) is 5.69 Å². The van der Waals surface area contributed by atoms with Crippen LogP contribution < -0.4 is 4.80 Å². The number of aromatic nitrogens is 1. The number of aryl methyl sites for hydroxylation is 1. The van der Waals surface area contributed by atoms with Crippen molar-refractivity contribution >= 4 is 22.7 Å². The molecule has 4 aromatic rings. The molecule has 1 atom stereocenters. The largest absolute Gasteiger partial charge is 0.314 e. The standard InChI is InChI=1S/C25H21F2N3O2S/c1-17(7-8-18-5-3-2-4-6-18)29-24(19-9-12-21(13-10-19)30(31)32)16-33-25(29)28-23-14-11-20(26)15-22(23)27/h2-6,9-17H,7-8H2,1H3. The number of nitro groups is 1. The molecule has 4 rings (SSSR count). The molecule has 1 heterocycles. The summed E-state index contributed by atoms with van der Waals surface area (Å²) < 4.78 is 29.6. The quantitative estimate of drug-likeness (QED) is 0.222. The summed E-state index contributed by atoms with van der Waals surface area (Å²) in [6, 6.07) is 19.7. The van der Waals surface area contributed by atoms with Crippen molar-refractivity contribution < 1.29 is 13.7 Å². The third kappa shape index (κ3) is 5.23. The predicted molar refractivity (Wildman–Crippen MR) is 125 cm³/mol. The zero-order valence-electron chi connectivity index (χ0n) is 17.8. The topological polar surface area (TPSA) is 60.4 Å². The normalized spacial score (nSPS) is 12.6. The molecule has 1 aromatic heterocycles. The lowest BCUT2D eigenvalue weighted by Gasteiger charge is -2.18. The van der Waals surface area contributed by atoms with E-state index in [-0.39, 0.29) is 17.4 Å². The molecule has 0 saturated carbocycles. The maximum Gasteiger partial charge on any atom is 0.269 e. The van der Waals surface area contributed by atoms with Crippen molar-refractivity contribution in [1.82, 2.24) is 4.57 Å². The Bertz CT molecular complexity index is 1330. The first-order valence-electron chi connectivity index (χ1n) is 10.4. The number of nitrogens with zero attached hydrogens (tertiary/aromatic N) is 3. The summed E-state index contributed by atoms with van der Waals surface area (Å²) in [5.41, 5.74) is 2.90. The average molecular weight is 466 g/mol. The Morgan fingerprint density at radius 2 is 1.79 bits per heavy atom. The van der Waals surface area contributed by atoms with E-state index in [2.05, 4.69) is 24.0 Å². The Kier molecular flexibility index (Phi) is 6.74. The summed E-state index contributed by atoms with van der Waals surface area (Å²) in [7, 11) is 0. The maximum atomic E-state index is 14.3. The highest BCUT2D eigenvalue weighted by molar-refractivity contribution is 7.07. The number of hydrogen-bond acceptors (Lipinski definition) is 4. The van der Waals surface area contributed by atoms with Gasteiger partial charge in [0.15, 0.2) is 10.6 Å². The molecule has 0 bridgehead atoms. The van der Waals surface area contributed by atoms with E-state index in [1.807, 2.05) is 28.1 Å². The van der Waals surface area contributed by atoms with Gasteiger partial charge in [-0.2, -0.15) is 0 Å². The molecule has 0 saturated heterocycles. The van der Waals surface area contributed by atoms with Crippen LogP contribution in [-0.2, 0) is 6.42 Å². The van der Waals surface area contributed by atoms with E-state index in [9.17, 15) is 18.9 Å². The molecule has 0 aliphatic heterocycles. The van der Waals surface area contributed by atoms with Crippen LogP contribution in [0.25, 0.3) is 11.3 Å². The van der Waals surface area contributed by atoms with Crippen molar-refractivity contribution in [2.75, 3.05) is 0 Å². The fourth-order valence-electron chi connectivity index (χ4n) is 3.62. The molecule has 0 fully saturated rings. The average Bonchev–Trinajstić information content (AvgIpc) is 3.23. The van der Waals surface area contributed by atoms with Crippen molar-refractivity contribution in [3.8, 4) is 11.3 Å². The Morgan fingerprint density at radius 1 is 1.06 bits per heavy atom. The number of hydrogen-bond donors (Lipinski definition) is 0. The Hall–Kier alpha value is -3.65. The second-order valence-corrected chi connectivity index (χ2v) is 8.49. The summed E-state index contributed by atoms with van der Waals surface area (Å²) in [5.74, 6) is -1.39. The van der Waals surface area contributed by atoms with Gasteiger partial charge in [-0.1, -0.05) is 30.3 Å². The molecule has 33 heavy (non-hydrogen) atoms. The molecular weight excluding hydrogens is 444 g/mol. The monoisotopic (exact) mass is 465 g/mol. The van der Waals surface area contributed by atoms with Gasteiger partial charge in [0.1, 0.15) is 11.5 Å². The van der Waals surface area contributed by atoms with Crippen molar-refractivity contribution in [3.63, 3.8) is 0 Å². The van der Waals surface area contributed by atoms with E-state index in [0.29, 0.717) is 4.80 Å². The van der Waals surface area contributed by atoms with Gasteiger partial charge >= 0.3 is 0 Å². The van der Waals surface area contributed by atoms with Crippen LogP contribution in [0.5, 0.6) is 0 Å². The van der Waals surface area contributed by atoms with Gasteiger partial charge in [-0.3, -0.25) is 10.1 Å². The van der Waals surface area contributed by atoms with Crippen LogP contribution in [0.1, 0.15) is 24.9 Å². The van der Waals surface area contributed by atoms with Crippen LogP contribution in [-0.4, -0.2) is 9.49 Å². The van der Waals surface area contributed by atoms with Crippen LogP contribution in [0.3, 0.4) is 0 Å². The van der Waals surface area contributed by atoms with E-state index in [0.717, 1.165) is 30.2 Å². The number of rotatable bonds is 7. The molecule has 0 spiro atoms. The third-order valence-electron chi connectivity index (χ3n) is 5.38. The molecule has 0 aliphatic carbocycles. The summed E-state index contributed by atoms with van der Waals surface area (Å²) >= 11 is 1.34. The van der Waals surface area contributed by atoms with Crippen LogP contribution in [0, 0.1) is 21.7 Å². The molecule has 0 aliphatic rings. The number of non-ortho nitro benzene ring substituents is 1. The molecular formula is C25H21F2N3O2S. The van der Waals surface area contributed by atoms with Gasteiger partial charge < -0.3 is 4.57 Å². The fourth-order valence-corrected chi connectivity index (χ4v) is 4.63. The summed E-state index contributed by atoms with van der Waals surface area (Å²) in [6.45, 7) is 2.06. The minimum atomic E-state index is -0.733. The molecule has 8 heteroatoms. The number of benzene rings is 3. The van der Waals surface area contributed by atoms with Crippen LogP contribution in [0.2, 0.25) is 0 Å². The molecule has 1 unspecified atom stereocenters. The maximum absolute atomic E-state index is 14.3. The third-order valence-corrected chi connectivity index (χ3v) is 6.22. The lowest BCUT2D eigenvalue weighted by atomic mass is 10.1. The van der Waals surface area contributed by atoms with Gasteiger partial charge in [-0.15, -0.1) is 11.3 Å². The van der Waals surface area contributed by atoms with Crippen LogP contribution in [0.4, 0.5) is 20.2 Å². The van der Waals surface area contributed by atoms with Crippen molar-refractivity contribution in [1.29, 1.82) is 0 Å². The van der Waals surface area contributed by atoms with Crippen LogP contribution in [0.15, 0.2) is 83.2 Å². The van der Waals surface area contributed by atoms with E-state index < -0.39 is 16.6 Å². The Labute approximate surface area is 193 Å². The van der Waals surface area contributed by atoms with E-state index in [1.165, 1.54) is 41.2 Å². The zero-order valence-corrected chi connectivity index (χ0v) is 18.6. The van der Waals surface area contributed by atoms with Gasteiger partial charge in [-0.25, -0.2) is 13.8 Å². The summed E-state index contributed by atoms with van der Waals surface area (Å²) in [6.07, 6.45) is 1.65. The van der Waals surface area contributed by atoms with Crippen LogP contribution >= 0.6 is 11.3 Å². The number of thiazole rings is 1. The molecule has 3 aromatic carbocycles. The van der Waals surface area contributed by atoms with E-state index in [1.54, 1.807) is 12.1 Å². The minimum absolute atomic E-state index is 0.00362. The molecule has 0 radical (unpaired) electrons. The fraction of sp³-hybridized carbons (Fsp3) is 0.160. The second-order valence-electron chi connectivity index (χ2n) is 7.66. The highest BCUT2D eigenvalue weighted by atomic mass is 32.1. The lowest BCUT2D eigenvalue weighted by molar-refractivity contribution is -0.384. The van der Waals surface area contributed by atoms with Gasteiger partial charge in [0, 0.05) is 29.6 Å². The van der Waals surface area contributed by atoms with Crippen molar-refractivity contribution in [3.05, 3.63) is 110 Å². The lowest BCUT2D eigenvalue weighted by Crippen LogP contribution is -2.20. The highest BCUT2D eigenvalue weighted by Crippen LogP contribution is 2.28. The second kappa shape index (κ2) is 9.87. The Morgan fingerprint density at radius 3 is 2.45 bits per heavy atom. The van der Waals surface area contributed by atoms with E-state index in [4.69, 9.17) is 0 Å². The van der Waals surface area contributed by atoms with Crippen molar-refractivity contribution in [2.24, 2.45) is 4.99 Å². The minimum Gasteiger partial charge on any atom is -0.314 e. The zero-order chi connectivity index (χ0) is 23.4. The summed E-state index contributed by atoms with van der Waals surface area (Å²) in [4.78, 5) is 15.6. The highest BCUT2D eigenvalue weighted by Gasteiger charge is 2.16. The van der Waals surface area contributed by atoms with E-state index >= 15 is 0 Å². The molecule has 0 amide bonds. The van der Waals surface area contributed by atoms with Gasteiger partial charge in [0.05, 0.1) is 10.6 Å². The van der Waals surface area contributed by atoms with Crippen molar-refractivity contribution in [2.45, 2.75) is 25.8 Å².